The van der Waals surface area contributed by atoms with Crippen molar-refractivity contribution in [3.63, 3.8) is 0 Å². The second-order valence-electron chi connectivity index (χ2n) is 8.68. The summed E-state index contributed by atoms with van der Waals surface area (Å²) >= 11 is 0. The smallest absolute Gasteiger partial charge is 0.247 e. The fraction of sp³-hybridized carbons (Fsp3) is 0.393. The van der Waals surface area contributed by atoms with Crippen LogP contribution in [0.4, 0.5) is 0 Å². The molecule has 0 radical (unpaired) electrons. The minimum atomic E-state index is 0.0681. The summed E-state index contributed by atoms with van der Waals surface area (Å²) < 4.78 is 22.4. The summed E-state index contributed by atoms with van der Waals surface area (Å²) in [4.78, 5) is 15.2. The fourth-order valence-electron chi connectivity index (χ4n) is 4.82. The van der Waals surface area contributed by atoms with E-state index in [-0.39, 0.29) is 5.91 Å². The average Bonchev–Trinajstić information content (AvgIpc) is 3.30. The van der Waals surface area contributed by atoms with Gasteiger partial charge in [-0.05, 0) is 61.9 Å². The molecule has 180 valence electrons. The van der Waals surface area contributed by atoms with Crippen LogP contribution < -0.4 is 14.2 Å². The van der Waals surface area contributed by atoms with Gasteiger partial charge in [0.1, 0.15) is 11.3 Å². The molecular formula is C28H33NO5. The molecule has 2 aromatic carbocycles. The van der Waals surface area contributed by atoms with Crippen LogP contribution >= 0.6 is 0 Å². The molecule has 0 spiro atoms. The molecule has 2 heterocycles. The van der Waals surface area contributed by atoms with Crippen LogP contribution in [0.25, 0.3) is 27.7 Å². The van der Waals surface area contributed by atoms with Crippen molar-refractivity contribution in [2.24, 2.45) is 0 Å². The van der Waals surface area contributed by atoms with Gasteiger partial charge in [-0.25, -0.2) is 0 Å². The van der Waals surface area contributed by atoms with Gasteiger partial charge in [0.15, 0.2) is 11.5 Å². The molecular weight excluding hydrogens is 430 g/mol. The van der Waals surface area contributed by atoms with E-state index < -0.39 is 0 Å². The Hall–Kier alpha value is -3.41. The molecule has 0 bridgehead atoms. The molecule has 1 fully saturated rings. The third-order valence-corrected chi connectivity index (χ3v) is 6.74. The van der Waals surface area contributed by atoms with Crippen molar-refractivity contribution in [2.45, 2.75) is 45.6 Å². The molecule has 0 saturated carbocycles. The standard InChI is InChI=1S/C28H33NO5/c1-6-20-9-7-8-12-29(20)28(30)13-18(2)21-15-22-23(17-34-26(22)16-25(21)32-4)19-10-11-24(31-3)27(14-19)33-5/h10-11,13-17,20H,6-9,12H2,1-5H3/b18-13+. The molecule has 0 N–H and O–H groups in total. The van der Waals surface area contributed by atoms with Gasteiger partial charge in [-0.1, -0.05) is 13.0 Å². The van der Waals surface area contributed by atoms with Crippen molar-refractivity contribution in [1.29, 1.82) is 0 Å². The summed E-state index contributed by atoms with van der Waals surface area (Å²) in [5.74, 6) is 2.06. The fourth-order valence-corrected chi connectivity index (χ4v) is 4.82. The first-order valence-electron chi connectivity index (χ1n) is 11.8. The number of hydrogen-bond acceptors (Lipinski definition) is 5. The van der Waals surface area contributed by atoms with Gasteiger partial charge in [-0.3, -0.25) is 4.79 Å². The van der Waals surface area contributed by atoms with E-state index in [0.29, 0.717) is 28.9 Å². The number of hydrogen-bond donors (Lipinski definition) is 0. The van der Waals surface area contributed by atoms with Crippen molar-refractivity contribution < 1.29 is 23.4 Å². The van der Waals surface area contributed by atoms with E-state index in [2.05, 4.69) is 6.92 Å². The zero-order valence-corrected chi connectivity index (χ0v) is 20.6. The van der Waals surface area contributed by atoms with Crippen LogP contribution in [0.1, 0.15) is 45.1 Å². The number of benzene rings is 2. The molecule has 3 aromatic rings. The Labute approximate surface area is 201 Å². The Morgan fingerprint density at radius 3 is 2.53 bits per heavy atom. The maximum Gasteiger partial charge on any atom is 0.247 e. The van der Waals surface area contributed by atoms with Crippen molar-refractivity contribution in [2.75, 3.05) is 27.9 Å². The maximum absolute atomic E-state index is 13.1. The largest absolute Gasteiger partial charge is 0.496 e. The number of fused-ring (bicyclic) bond motifs is 1. The summed E-state index contributed by atoms with van der Waals surface area (Å²) in [6.07, 6.45) is 7.79. The lowest BCUT2D eigenvalue weighted by Gasteiger charge is -2.34. The molecule has 6 nitrogen and oxygen atoms in total. The molecule has 1 amide bonds. The first-order chi connectivity index (χ1) is 16.5. The number of methoxy groups -OCH3 is 3. The van der Waals surface area contributed by atoms with Crippen molar-refractivity contribution >= 4 is 22.4 Å². The van der Waals surface area contributed by atoms with Gasteiger partial charge in [-0.2, -0.15) is 0 Å². The van der Waals surface area contributed by atoms with Gasteiger partial charge in [0.05, 0.1) is 27.6 Å². The van der Waals surface area contributed by atoms with E-state index in [4.69, 9.17) is 18.6 Å². The second kappa shape index (κ2) is 10.2. The number of likely N-dealkylation sites (tertiary alicyclic amines) is 1. The van der Waals surface area contributed by atoms with Crippen LogP contribution in [0.3, 0.4) is 0 Å². The molecule has 1 aliphatic rings. The van der Waals surface area contributed by atoms with Gasteiger partial charge >= 0.3 is 0 Å². The number of allylic oxidation sites excluding steroid dienone is 1. The van der Waals surface area contributed by atoms with Gasteiger partial charge in [-0.15, -0.1) is 0 Å². The zero-order chi connectivity index (χ0) is 24.2. The number of carbonyl (C=O) groups excluding carboxylic acids is 1. The third kappa shape index (κ3) is 4.49. The SMILES string of the molecule is CCC1CCCCN1C(=O)/C=C(\C)c1cc2c(-c3ccc(OC)c(OC)c3)coc2cc1OC. The first kappa shape index (κ1) is 23.7. The number of nitrogens with zero attached hydrogens (tertiary/aromatic N) is 1. The predicted molar refractivity (Wildman–Crippen MR) is 135 cm³/mol. The van der Waals surface area contributed by atoms with Crippen LogP contribution in [0.2, 0.25) is 0 Å². The summed E-state index contributed by atoms with van der Waals surface area (Å²) in [5.41, 5.74) is 4.33. The predicted octanol–water partition coefficient (Wildman–Crippen LogP) is 6.32. The van der Waals surface area contributed by atoms with E-state index in [0.717, 1.165) is 53.5 Å². The van der Waals surface area contributed by atoms with Gasteiger partial charge in [0, 0.05) is 41.2 Å². The Bertz CT molecular complexity index is 1210. The Morgan fingerprint density at radius 2 is 1.82 bits per heavy atom. The highest BCUT2D eigenvalue weighted by atomic mass is 16.5. The monoisotopic (exact) mass is 463 g/mol. The number of ether oxygens (including phenoxy) is 3. The van der Waals surface area contributed by atoms with E-state index >= 15 is 0 Å². The van der Waals surface area contributed by atoms with Crippen molar-refractivity contribution in [3.05, 3.63) is 48.2 Å². The molecule has 4 rings (SSSR count). The molecule has 0 aliphatic carbocycles. The van der Waals surface area contributed by atoms with Gasteiger partial charge in [0.25, 0.3) is 0 Å². The Morgan fingerprint density at radius 1 is 1.06 bits per heavy atom. The number of piperidine rings is 1. The normalized spacial score (nSPS) is 16.6. The highest BCUT2D eigenvalue weighted by Gasteiger charge is 2.24. The second-order valence-corrected chi connectivity index (χ2v) is 8.68. The van der Waals surface area contributed by atoms with E-state index in [1.54, 1.807) is 33.7 Å². The van der Waals surface area contributed by atoms with Crippen LogP contribution in [0.5, 0.6) is 17.2 Å². The lowest BCUT2D eigenvalue weighted by Crippen LogP contribution is -2.42. The van der Waals surface area contributed by atoms with Crippen molar-refractivity contribution in [3.8, 4) is 28.4 Å². The summed E-state index contributed by atoms with van der Waals surface area (Å²) in [5, 5.41) is 0.938. The topological polar surface area (TPSA) is 61.1 Å². The lowest BCUT2D eigenvalue weighted by atomic mass is 9.97. The maximum atomic E-state index is 13.1. The summed E-state index contributed by atoms with van der Waals surface area (Å²) in [7, 11) is 4.87. The molecule has 1 aromatic heterocycles. The Balaban J connectivity index is 1.74. The number of furan rings is 1. The average molecular weight is 464 g/mol. The molecule has 1 atom stereocenters. The molecule has 6 heteroatoms. The minimum absolute atomic E-state index is 0.0681. The van der Waals surface area contributed by atoms with Crippen LogP contribution in [-0.4, -0.2) is 44.7 Å². The Kier molecular flexibility index (Phi) is 7.15. The number of amides is 1. The van der Waals surface area contributed by atoms with Crippen molar-refractivity contribution in [1.82, 2.24) is 4.90 Å². The highest BCUT2D eigenvalue weighted by Crippen LogP contribution is 2.40. The molecule has 34 heavy (non-hydrogen) atoms. The summed E-state index contributed by atoms with van der Waals surface area (Å²) in [6.45, 7) is 4.93. The minimum Gasteiger partial charge on any atom is -0.496 e. The van der Waals surface area contributed by atoms with Crippen LogP contribution in [0.15, 0.2) is 47.1 Å². The molecule has 1 saturated heterocycles. The number of carbonyl (C=O) groups is 1. The number of rotatable bonds is 7. The van der Waals surface area contributed by atoms with Gasteiger partial charge in [0.2, 0.25) is 5.91 Å². The van der Waals surface area contributed by atoms with Gasteiger partial charge < -0.3 is 23.5 Å². The lowest BCUT2D eigenvalue weighted by molar-refractivity contribution is -0.129. The van der Waals surface area contributed by atoms with Crippen LogP contribution in [0, 0.1) is 0 Å². The third-order valence-electron chi connectivity index (χ3n) is 6.74. The zero-order valence-electron chi connectivity index (χ0n) is 20.6. The first-order valence-corrected chi connectivity index (χ1v) is 11.8. The summed E-state index contributed by atoms with van der Waals surface area (Å²) in [6, 6.07) is 10.0. The van der Waals surface area contributed by atoms with E-state index in [9.17, 15) is 4.79 Å². The van der Waals surface area contributed by atoms with Crippen LogP contribution in [-0.2, 0) is 4.79 Å². The van der Waals surface area contributed by atoms with E-state index in [1.807, 2.05) is 42.2 Å². The molecule has 1 unspecified atom stereocenters. The quantitative estimate of drug-likeness (QED) is 0.384. The molecule has 1 aliphatic heterocycles. The van der Waals surface area contributed by atoms with E-state index in [1.165, 1.54) is 6.42 Å². The highest BCUT2D eigenvalue weighted by molar-refractivity contribution is 6.00.